The highest BCUT2D eigenvalue weighted by Crippen LogP contribution is 2.41. The van der Waals surface area contributed by atoms with Gasteiger partial charge in [-0.15, -0.1) is 0 Å². The van der Waals surface area contributed by atoms with Crippen LogP contribution in [0.1, 0.15) is 42.7 Å². The van der Waals surface area contributed by atoms with Gasteiger partial charge in [0.15, 0.2) is 0 Å². The molecule has 25 heavy (non-hydrogen) atoms. The first-order valence-electron chi connectivity index (χ1n) is 8.81. The second-order valence-corrected chi connectivity index (χ2v) is 6.68. The Hall–Kier alpha value is -2.16. The van der Waals surface area contributed by atoms with Gasteiger partial charge in [-0.25, -0.2) is 0 Å². The molecule has 3 rings (SSSR count). The first-order chi connectivity index (χ1) is 12.2. The Bertz CT molecular complexity index is 690. The molecule has 5 nitrogen and oxygen atoms in total. The van der Waals surface area contributed by atoms with Gasteiger partial charge in [0.05, 0.1) is 18.7 Å². The summed E-state index contributed by atoms with van der Waals surface area (Å²) in [5.41, 5.74) is 3.61. The van der Waals surface area contributed by atoms with E-state index in [-0.39, 0.29) is 31.1 Å². The number of carbonyl (C=O) groups excluding carboxylic acids is 1. The van der Waals surface area contributed by atoms with Crippen molar-refractivity contribution in [3.05, 3.63) is 41.5 Å². The lowest BCUT2D eigenvalue weighted by atomic mass is 9.75. The van der Waals surface area contributed by atoms with E-state index in [1.54, 1.807) is 0 Å². The van der Waals surface area contributed by atoms with Crippen molar-refractivity contribution in [3.8, 4) is 6.07 Å². The number of likely N-dealkylation sites (tertiary alicyclic amines) is 1. The summed E-state index contributed by atoms with van der Waals surface area (Å²) in [6.07, 6.45) is 7.05. The highest BCUT2D eigenvalue weighted by Gasteiger charge is 2.51. The Labute approximate surface area is 148 Å². The fraction of sp³-hybridized carbons (Fsp3) is 0.500. The molecule has 1 fully saturated rings. The number of carbonyl (C=O) groups is 1. The van der Waals surface area contributed by atoms with E-state index in [1.807, 2.05) is 12.1 Å². The van der Waals surface area contributed by atoms with Crippen LogP contribution in [0.4, 0.5) is 0 Å². The summed E-state index contributed by atoms with van der Waals surface area (Å²) in [6.45, 7) is -0.236. The number of rotatable bonds is 5. The average Bonchev–Trinajstić information content (AvgIpc) is 2.63. The van der Waals surface area contributed by atoms with Crippen molar-refractivity contribution in [1.82, 2.24) is 4.90 Å². The maximum atomic E-state index is 12.1. The first-order valence-corrected chi connectivity index (χ1v) is 8.81. The second-order valence-electron chi connectivity index (χ2n) is 6.68. The highest BCUT2D eigenvalue weighted by molar-refractivity contribution is 5.80. The van der Waals surface area contributed by atoms with E-state index in [2.05, 4.69) is 24.3 Å². The molecule has 1 heterocycles. The summed E-state index contributed by atoms with van der Waals surface area (Å²) in [4.78, 5) is 13.6. The molecule has 1 amide bonds. The van der Waals surface area contributed by atoms with E-state index in [0.29, 0.717) is 0 Å². The van der Waals surface area contributed by atoms with Crippen LogP contribution >= 0.6 is 0 Å². The highest BCUT2D eigenvalue weighted by atomic mass is 16.5. The van der Waals surface area contributed by atoms with Gasteiger partial charge in [0.2, 0.25) is 5.91 Å². The van der Waals surface area contributed by atoms with Crippen LogP contribution < -0.4 is 0 Å². The van der Waals surface area contributed by atoms with E-state index in [4.69, 9.17) is 4.74 Å². The third kappa shape index (κ3) is 3.33. The second kappa shape index (κ2) is 7.81. The lowest BCUT2D eigenvalue weighted by Gasteiger charge is -2.51. The SMILES string of the molecule is COCC(=O)N1[C@H](C#N)[C@H](c2ccc(C3=CCCCC3)cc2)[C@@H]1CO. The number of benzene rings is 1. The van der Waals surface area contributed by atoms with Crippen molar-refractivity contribution in [2.45, 2.75) is 43.7 Å². The molecule has 132 valence electrons. The summed E-state index contributed by atoms with van der Waals surface area (Å²) in [7, 11) is 1.45. The summed E-state index contributed by atoms with van der Waals surface area (Å²) >= 11 is 0. The smallest absolute Gasteiger partial charge is 0.249 e. The van der Waals surface area contributed by atoms with Crippen molar-refractivity contribution in [2.24, 2.45) is 0 Å². The molecule has 1 aliphatic carbocycles. The monoisotopic (exact) mass is 340 g/mol. The quantitative estimate of drug-likeness (QED) is 0.894. The van der Waals surface area contributed by atoms with E-state index in [0.717, 1.165) is 18.4 Å². The summed E-state index contributed by atoms with van der Waals surface area (Å²) < 4.78 is 4.88. The number of methoxy groups -OCH3 is 1. The Morgan fingerprint density at radius 3 is 2.68 bits per heavy atom. The molecule has 3 atom stereocenters. The molecule has 0 spiro atoms. The van der Waals surface area contributed by atoms with E-state index < -0.39 is 6.04 Å². The van der Waals surface area contributed by atoms with Crippen molar-refractivity contribution in [1.29, 1.82) is 5.26 Å². The molecule has 1 N–H and O–H groups in total. The largest absolute Gasteiger partial charge is 0.394 e. The predicted octanol–water partition coefficient (Wildman–Crippen LogP) is 2.47. The van der Waals surface area contributed by atoms with Crippen molar-refractivity contribution in [2.75, 3.05) is 20.3 Å². The zero-order valence-electron chi connectivity index (χ0n) is 14.5. The summed E-state index contributed by atoms with van der Waals surface area (Å²) in [5, 5.41) is 19.2. The fourth-order valence-corrected chi connectivity index (χ4v) is 3.97. The van der Waals surface area contributed by atoms with Gasteiger partial charge in [0, 0.05) is 13.0 Å². The lowest BCUT2D eigenvalue weighted by molar-refractivity contribution is -0.150. The number of allylic oxidation sites excluding steroid dienone is 2. The Balaban J connectivity index is 1.79. The molecule has 1 saturated heterocycles. The molecular weight excluding hydrogens is 316 g/mol. The van der Waals surface area contributed by atoms with E-state index in [9.17, 15) is 15.2 Å². The molecule has 1 aromatic carbocycles. The van der Waals surface area contributed by atoms with Crippen LogP contribution in [0.25, 0.3) is 5.57 Å². The van der Waals surface area contributed by atoms with Gasteiger partial charge in [0.25, 0.3) is 0 Å². The van der Waals surface area contributed by atoms with Crippen LogP contribution in [0.3, 0.4) is 0 Å². The van der Waals surface area contributed by atoms with Gasteiger partial charge in [-0.1, -0.05) is 30.3 Å². The van der Waals surface area contributed by atoms with E-state index in [1.165, 1.54) is 36.0 Å². The summed E-state index contributed by atoms with van der Waals surface area (Å²) in [5.74, 6) is -0.418. The van der Waals surface area contributed by atoms with Gasteiger partial charge < -0.3 is 14.7 Å². The molecule has 0 saturated carbocycles. The number of ether oxygens (including phenoxy) is 1. The molecule has 0 unspecified atom stereocenters. The van der Waals surface area contributed by atoms with Gasteiger partial charge in [-0.2, -0.15) is 5.26 Å². The average molecular weight is 340 g/mol. The zero-order chi connectivity index (χ0) is 17.8. The Morgan fingerprint density at radius 1 is 1.36 bits per heavy atom. The molecule has 1 aliphatic heterocycles. The number of nitrogens with zero attached hydrogens (tertiary/aromatic N) is 2. The predicted molar refractivity (Wildman–Crippen MR) is 94.6 cm³/mol. The number of nitriles is 1. The molecule has 0 radical (unpaired) electrons. The molecule has 2 aliphatic rings. The third-order valence-corrected chi connectivity index (χ3v) is 5.24. The molecule has 1 aromatic rings. The van der Waals surface area contributed by atoms with Crippen LogP contribution in [-0.2, 0) is 9.53 Å². The first kappa shape index (κ1) is 17.7. The number of hydrogen-bond acceptors (Lipinski definition) is 4. The van der Waals surface area contributed by atoms with Crippen LogP contribution in [0.5, 0.6) is 0 Å². The van der Waals surface area contributed by atoms with E-state index >= 15 is 0 Å². The molecule has 0 aromatic heterocycles. The van der Waals surface area contributed by atoms with Crippen molar-refractivity contribution < 1.29 is 14.6 Å². The van der Waals surface area contributed by atoms with Crippen molar-refractivity contribution in [3.63, 3.8) is 0 Å². The number of aliphatic hydroxyl groups excluding tert-OH is 1. The van der Waals surface area contributed by atoms with Gasteiger partial charge in [-0.3, -0.25) is 4.79 Å². The number of amides is 1. The normalized spacial score (nSPS) is 25.7. The third-order valence-electron chi connectivity index (χ3n) is 5.24. The van der Waals surface area contributed by atoms with Crippen LogP contribution in [0.15, 0.2) is 30.3 Å². The number of aliphatic hydroxyl groups is 1. The minimum atomic E-state index is -0.556. The maximum Gasteiger partial charge on any atom is 0.249 e. The topological polar surface area (TPSA) is 73.6 Å². The minimum absolute atomic E-state index is 0.0749. The van der Waals surface area contributed by atoms with Crippen LogP contribution in [-0.4, -0.2) is 48.3 Å². The standard InChI is InChI=1S/C20H24N2O3/c1-25-13-19(24)22-17(11-21)20(18(22)12-23)16-9-7-15(8-10-16)14-5-3-2-4-6-14/h5,7-10,17-18,20,23H,2-4,6,12-13H2,1H3/t17-,18+,20+/m1/s1. The van der Waals surface area contributed by atoms with Crippen LogP contribution in [0.2, 0.25) is 0 Å². The zero-order valence-corrected chi connectivity index (χ0v) is 14.5. The van der Waals surface area contributed by atoms with Gasteiger partial charge >= 0.3 is 0 Å². The Morgan fingerprint density at radius 2 is 2.12 bits per heavy atom. The minimum Gasteiger partial charge on any atom is -0.394 e. The molecule has 0 bridgehead atoms. The van der Waals surface area contributed by atoms with Gasteiger partial charge in [-0.05, 0) is 42.4 Å². The number of hydrogen-bond donors (Lipinski definition) is 1. The Kier molecular flexibility index (Phi) is 5.52. The summed E-state index contributed by atoms with van der Waals surface area (Å²) in [6, 6.07) is 9.53. The molecular formula is C20H24N2O3. The van der Waals surface area contributed by atoms with Gasteiger partial charge in [0.1, 0.15) is 12.6 Å². The van der Waals surface area contributed by atoms with Crippen molar-refractivity contribution >= 4 is 11.5 Å². The fourth-order valence-electron chi connectivity index (χ4n) is 3.97. The maximum absolute atomic E-state index is 12.1. The molecule has 5 heteroatoms. The lowest BCUT2D eigenvalue weighted by Crippen LogP contribution is -2.65. The van der Waals surface area contributed by atoms with Crippen LogP contribution in [0, 0.1) is 11.3 Å².